The Balaban J connectivity index is 1.92. The van der Waals surface area contributed by atoms with Crippen LogP contribution in [0.3, 0.4) is 0 Å². The summed E-state index contributed by atoms with van der Waals surface area (Å²) in [5, 5.41) is 10.6. The molecule has 1 aromatic heterocycles. The molecule has 0 aliphatic heterocycles. The summed E-state index contributed by atoms with van der Waals surface area (Å²) in [5.41, 5.74) is 4.19. The quantitative estimate of drug-likeness (QED) is 0.780. The van der Waals surface area contributed by atoms with Gasteiger partial charge in [0.2, 0.25) is 0 Å². The zero-order valence-electron chi connectivity index (χ0n) is 11.7. The van der Waals surface area contributed by atoms with E-state index in [4.69, 9.17) is 0 Å². The van der Waals surface area contributed by atoms with Crippen LogP contribution in [0.2, 0.25) is 0 Å². The fourth-order valence-electron chi connectivity index (χ4n) is 2.52. The van der Waals surface area contributed by atoms with E-state index in [1.165, 1.54) is 0 Å². The van der Waals surface area contributed by atoms with E-state index in [9.17, 15) is 5.11 Å². The number of hydrogen-bond acceptors (Lipinski definition) is 2. The van der Waals surface area contributed by atoms with Crippen LogP contribution in [0.1, 0.15) is 17.2 Å². The molecule has 0 aliphatic rings. The van der Waals surface area contributed by atoms with Gasteiger partial charge in [0.15, 0.2) is 0 Å². The highest BCUT2D eigenvalue weighted by Crippen LogP contribution is 2.29. The minimum atomic E-state index is -0.536. The summed E-state index contributed by atoms with van der Waals surface area (Å²) in [7, 11) is 0. The summed E-state index contributed by atoms with van der Waals surface area (Å²) in [4.78, 5) is 4.10. The first kappa shape index (κ1) is 13.5. The first-order valence-corrected chi connectivity index (χ1v) is 7.06. The second kappa shape index (κ2) is 6.33. The average Bonchev–Trinajstić information content (AvgIpc) is 2.56. The molecule has 0 bridgehead atoms. The maximum absolute atomic E-state index is 10.6. The number of benzene rings is 2. The van der Waals surface area contributed by atoms with Gasteiger partial charge in [0.25, 0.3) is 0 Å². The molecule has 104 valence electrons. The Morgan fingerprint density at radius 3 is 2.38 bits per heavy atom. The second-order valence-electron chi connectivity index (χ2n) is 5.03. The SMILES string of the molecule is OC(Cc1cccnc1)c1ccccc1-c1ccccc1. The third-order valence-corrected chi connectivity index (χ3v) is 3.56. The highest BCUT2D eigenvalue weighted by Gasteiger charge is 2.13. The number of pyridine rings is 1. The molecule has 1 heterocycles. The lowest BCUT2D eigenvalue weighted by Gasteiger charge is -2.16. The summed E-state index contributed by atoms with van der Waals surface area (Å²) in [5.74, 6) is 0. The van der Waals surface area contributed by atoms with Gasteiger partial charge in [0, 0.05) is 18.8 Å². The van der Waals surface area contributed by atoms with Crippen LogP contribution in [0, 0.1) is 0 Å². The second-order valence-corrected chi connectivity index (χ2v) is 5.03. The van der Waals surface area contributed by atoms with Gasteiger partial charge < -0.3 is 5.11 Å². The molecule has 0 amide bonds. The molecule has 0 saturated carbocycles. The first-order valence-electron chi connectivity index (χ1n) is 7.06. The summed E-state index contributed by atoms with van der Waals surface area (Å²) >= 11 is 0. The van der Waals surface area contributed by atoms with Gasteiger partial charge in [-0.2, -0.15) is 0 Å². The number of nitrogens with zero attached hydrogens (tertiary/aromatic N) is 1. The molecular formula is C19H17NO. The van der Waals surface area contributed by atoms with Crippen molar-refractivity contribution >= 4 is 0 Å². The summed E-state index contributed by atoms with van der Waals surface area (Å²) in [6.45, 7) is 0. The lowest BCUT2D eigenvalue weighted by molar-refractivity contribution is 0.179. The van der Waals surface area contributed by atoms with Crippen LogP contribution in [-0.2, 0) is 6.42 Å². The van der Waals surface area contributed by atoms with Crippen molar-refractivity contribution in [2.45, 2.75) is 12.5 Å². The average molecular weight is 275 g/mol. The van der Waals surface area contributed by atoms with Crippen LogP contribution in [-0.4, -0.2) is 10.1 Å². The normalized spacial score (nSPS) is 12.0. The van der Waals surface area contributed by atoms with Crippen LogP contribution in [0.4, 0.5) is 0 Å². The van der Waals surface area contributed by atoms with Crippen molar-refractivity contribution in [2.24, 2.45) is 0 Å². The molecule has 21 heavy (non-hydrogen) atoms. The molecular weight excluding hydrogens is 258 g/mol. The fourth-order valence-corrected chi connectivity index (χ4v) is 2.52. The third-order valence-electron chi connectivity index (χ3n) is 3.56. The van der Waals surface area contributed by atoms with Gasteiger partial charge in [-0.25, -0.2) is 0 Å². The van der Waals surface area contributed by atoms with E-state index in [0.29, 0.717) is 6.42 Å². The van der Waals surface area contributed by atoms with Gasteiger partial charge in [-0.1, -0.05) is 60.7 Å². The molecule has 1 atom stereocenters. The summed E-state index contributed by atoms with van der Waals surface area (Å²) in [6.07, 6.45) is 3.57. The Hall–Kier alpha value is -2.45. The summed E-state index contributed by atoms with van der Waals surface area (Å²) < 4.78 is 0. The Kier molecular flexibility index (Phi) is 4.08. The lowest BCUT2D eigenvalue weighted by Crippen LogP contribution is -2.04. The van der Waals surface area contributed by atoms with Crippen molar-refractivity contribution in [3.63, 3.8) is 0 Å². The van der Waals surface area contributed by atoms with Crippen molar-refractivity contribution in [2.75, 3.05) is 0 Å². The first-order chi connectivity index (χ1) is 10.3. The van der Waals surface area contributed by atoms with Gasteiger partial charge in [-0.3, -0.25) is 4.98 Å². The Morgan fingerprint density at radius 2 is 1.62 bits per heavy atom. The lowest BCUT2D eigenvalue weighted by atomic mass is 9.93. The van der Waals surface area contributed by atoms with Crippen LogP contribution >= 0.6 is 0 Å². The zero-order valence-corrected chi connectivity index (χ0v) is 11.7. The van der Waals surface area contributed by atoms with Gasteiger partial charge >= 0.3 is 0 Å². The minimum Gasteiger partial charge on any atom is -0.388 e. The van der Waals surface area contributed by atoms with E-state index >= 15 is 0 Å². The molecule has 0 spiro atoms. The molecule has 0 fully saturated rings. The maximum Gasteiger partial charge on any atom is 0.0836 e. The number of aliphatic hydroxyl groups excluding tert-OH is 1. The van der Waals surface area contributed by atoms with Gasteiger partial charge in [0.1, 0.15) is 0 Å². The predicted octanol–water partition coefficient (Wildman–Crippen LogP) is 4.02. The molecule has 3 aromatic rings. The van der Waals surface area contributed by atoms with Gasteiger partial charge in [-0.15, -0.1) is 0 Å². The Labute approximate surface area is 124 Å². The molecule has 1 N–H and O–H groups in total. The van der Waals surface area contributed by atoms with Crippen LogP contribution in [0.25, 0.3) is 11.1 Å². The minimum absolute atomic E-state index is 0.536. The molecule has 0 radical (unpaired) electrons. The van der Waals surface area contributed by atoms with Crippen molar-refractivity contribution in [3.8, 4) is 11.1 Å². The molecule has 2 nitrogen and oxygen atoms in total. The Bertz CT molecular complexity index is 695. The molecule has 0 saturated heterocycles. The highest BCUT2D eigenvalue weighted by atomic mass is 16.3. The molecule has 3 rings (SSSR count). The van der Waals surface area contributed by atoms with E-state index in [2.05, 4.69) is 23.2 Å². The van der Waals surface area contributed by atoms with Gasteiger partial charge in [0.05, 0.1) is 6.10 Å². The summed E-state index contributed by atoms with van der Waals surface area (Å²) in [6, 6.07) is 22.0. The van der Waals surface area contributed by atoms with E-state index < -0.39 is 6.10 Å². The highest BCUT2D eigenvalue weighted by molar-refractivity contribution is 5.67. The standard InChI is InChI=1S/C19H17NO/c21-19(13-15-7-6-12-20-14-15)18-11-5-4-10-17(18)16-8-2-1-3-9-16/h1-12,14,19,21H,13H2. The number of aromatic nitrogens is 1. The smallest absolute Gasteiger partial charge is 0.0836 e. The fraction of sp³-hybridized carbons (Fsp3) is 0.105. The number of rotatable bonds is 4. The number of aliphatic hydroxyl groups is 1. The zero-order chi connectivity index (χ0) is 14.5. The predicted molar refractivity (Wildman–Crippen MR) is 84.8 cm³/mol. The van der Waals surface area contributed by atoms with Crippen molar-refractivity contribution in [1.29, 1.82) is 0 Å². The van der Waals surface area contributed by atoms with E-state index in [1.807, 2.05) is 48.5 Å². The van der Waals surface area contributed by atoms with E-state index in [-0.39, 0.29) is 0 Å². The van der Waals surface area contributed by atoms with Gasteiger partial charge in [-0.05, 0) is 28.3 Å². The molecule has 0 aliphatic carbocycles. The maximum atomic E-state index is 10.6. The van der Waals surface area contributed by atoms with Crippen molar-refractivity contribution in [3.05, 3.63) is 90.3 Å². The monoisotopic (exact) mass is 275 g/mol. The van der Waals surface area contributed by atoms with E-state index in [0.717, 1.165) is 22.3 Å². The van der Waals surface area contributed by atoms with Crippen molar-refractivity contribution in [1.82, 2.24) is 4.98 Å². The largest absolute Gasteiger partial charge is 0.388 e. The van der Waals surface area contributed by atoms with Crippen LogP contribution in [0.15, 0.2) is 79.1 Å². The molecule has 1 unspecified atom stereocenters. The molecule has 2 heteroatoms. The molecule has 2 aromatic carbocycles. The number of hydrogen-bond donors (Lipinski definition) is 1. The van der Waals surface area contributed by atoms with Crippen LogP contribution < -0.4 is 0 Å². The van der Waals surface area contributed by atoms with Crippen molar-refractivity contribution < 1.29 is 5.11 Å². The van der Waals surface area contributed by atoms with Crippen LogP contribution in [0.5, 0.6) is 0 Å². The topological polar surface area (TPSA) is 33.1 Å². The third kappa shape index (κ3) is 3.18. The van der Waals surface area contributed by atoms with E-state index in [1.54, 1.807) is 12.4 Å². The Morgan fingerprint density at radius 1 is 0.857 bits per heavy atom.